The Hall–Kier alpha value is -4.92. The number of carbonyl (C=O) groups excluding carboxylic acids is 6. The summed E-state index contributed by atoms with van der Waals surface area (Å²) in [5, 5.41) is 0. The number of allylic oxidation sites excluding steroid dienone is 15. The topological polar surface area (TPSA) is 130 Å². The molecule has 0 fully saturated rings. The van der Waals surface area contributed by atoms with Crippen LogP contribution < -0.4 is 0 Å². The Kier molecular flexibility index (Phi) is 27.6. The summed E-state index contributed by atoms with van der Waals surface area (Å²) in [7, 11) is 0. The van der Waals surface area contributed by atoms with Gasteiger partial charge < -0.3 is 14.2 Å². The smallest absolute Gasteiger partial charge is 0.306 e. The molecule has 0 radical (unpaired) electrons. The van der Waals surface area contributed by atoms with E-state index < -0.39 is 0 Å². The van der Waals surface area contributed by atoms with Gasteiger partial charge in [-0.05, 0) is 115 Å². The highest BCUT2D eigenvalue weighted by Gasteiger charge is 2.26. The van der Waals surface area contributed by atoms with Gasteiger partial charge in [-0.25, -0.2) is 0 Å². The number of esters is 3. The minimum Gasteiger partial charge on any atom is -0.462 e. The zero-order valence-electron chi connectivity index (χ0n) is 42.4. The third-order valence-electron chi connectivity index (χ3n) is 13.5. The van der Waals surface area contributed by atoms with Gasteiger partial charge in [0, 0.05) is 73.0 Å². The first-order valence-electron chi connectivity index (χ1n) is 26.9. The first-order valence-corrected chi connectivity index (χ1v) is 26.9. The van der Waals surface area contributed by atoms with Gasteiger partial charge >= 0.3 is 17.9 Å². The van der Waals surface area contributed by atoms with Crippen molar-refractivity contribution in [3.8, 4) is 0 Å². The molecule has 0 saturated carbocycles. The van der Waals surface area contributed by atoms with E-state index in [0.29, 0.717) is 96.3 Å². The van der Waals surface area contributed by atoms with E-state index in [1.54, 1.807) is 18.2 Å². The summed E-state index contributed by atoms with van der Waals surface area (Å²) < 4.78 is 18.0. The Morgan fingerprint density at radius 2 is 0.681 bits per heavy atom. The molecule has 3 aliphatic carbocycles. The summed E-state index contributed by atoms with van der Waals surface area (Å²) in [6, 6.07) is 0. The van der Waals surface area contributed by atoms with E-state index in [-0.39, 0.29) is 71.3 Å². The van der Waals surface area contributed by atoms with Gasteiger partial charge in [0.25, 0.3) is 0 Å². The summed E-state index contributed by atoms with van der Waals surface area (Å²) in [6.07, 6.45) is 48.1. The quantitative estimate of drug-likeness (QED) is 0.0812. The Balaban J connectivity index is 1.45. The number of ether oxygens (including phenoxy) is 3. The molecule has 0 saturated heterocycles. The molecule has 69 heavy (non-hydrogen) atoms. The number of unbranched alkanes of at least 4 members (excludes halogenated alkanes) is 6. The summed E-state index contributed by atoms with van der Waals surface area (Å²) in [5.74, 6) is -0.812. The van der Waals surface area contributed by atoms with Crippen LogP contribution in [-0.4, -0.2) is 53.6 Å². The first-order chi connectivity index (χ1) is 33.6. The van der Waals surface area contributed by atoms with Crippen molar-refractivity contribution in [2.75, 3.05) is 0 Å². The Morgan fingerprint density at radius 1 is 0.391 bits per heavy atom. The van der Waals surface area contributed by atoms with E-state index in [0.717, 1.165) is 93.8 Å². The monoisotopic (exact) mass is 949 g/mol. The molecule has 4 aliphatic rings. The summed E-state index contributed by atoms with van der Waals surface area (Å²) >= 11 is 0. The number of cyclic esters (lactones) is 3. The van der Waals surface area contributed by atoms with Gasteiger partial charge in [-0.2, -0.15) is 0 Å². The van der Waals surface area contributed by atoms with Gasteiger partial charge in [0.2, 0.25) is 0 Å². The summed E-state index contributed by atoms with van der Waals surface area (Å²) in [5.41, 5.74) is 2.22. The number of rotatable bonds is 12. The predicted octanol–water partition coefficient (Wildman–Crippen LogP) is 14.0. The highest BCUT2D eigenvalue weighted by molar-refractivity contribution is 6.08. The molecule has 9 heteroatoms. The fourth-order valence-electron chi connectivity index (χ4n) is 9.36. The van der Waals surface area contributed by atoms with Crippen molar-refractivity contribution in [2.45, 2.75) is 212 Å². The molecule has 0 aromatic rings. The normalized spacial score (nSPS) is 29.5. The maximum atomic E-state index is 13.1. The lowest BCUT2D eigenvalue weighted by molar-refractivity contribution is -0.150. The number of hydrogen-bond donors (Lipinski definition) is 0. The second kappa shape index (κ2) is 33.6. The molecule has 6 atom stereocenters. The second-order valence-electron chi connectivity index (χ2n) is 19.3. The highest BCUT2D eigenvalue weighted by Crippen LogP contribution is 2.30. The van der Waals surface area contributed by atoms with Crippen molar-refractivity contribution in [3.05, 3.63) is 108 Å². The molecule has 0 aromatic carbocycles. The fourth-order valence-corrected chi connectivity index (χ4v) is 9.36. The standard InChI is InChI=1S/C60H84O9/c1-4-7-16-28-49-37-40-52-46(34-43-55(52)61)25-19-11-14-23-32-59(65)68-51(30-18-9-6-3)39-42-54-48(36-45-57(54)63)27-21-12-15-24-33-60(66)69-50(29-17-8-5-2)38-41-53-47(35-44-56(53)62)26-20-10-13-22-31-58(64)67-49/h10-12,19-21,34-36,40-51H,4-9,13-18,22-33,37-39H2,1-3H3/b19-11-,20-10-,21-12-,52-40+,53-41+,54-42+/t46-,47-,48-,49-,50-,51-/m0/s1. The van der Waals surface area contributed by atoms with Crippen LogP contribution >= 0.6 is 0 Å². The molecular weight excluding hydrogens is 865 g/mol. The minimum atomic E-state index is -0.294. The van der Waals surface area contributed by atoms with Crippen LogP contribution in [0.4, 0.5) is 0 Å². The molecule has 0 amide bonds. The van der Waals surface area contributed by atoms with Crippen molar-refractivity contribution in [3.63, 3.8) is 0 Å². The third-order valence-corrected chi connectivity index (χ3v) is 13.5. The molecule has 0 spiro atoms. The average molecular weight is 949 g/mol. The van der Waals surface area contributed by atoms with Crippen LogP contribution in [0.1, 0.15) is 194 Å². The molecule has 0 aromatic heterocycles. The zero-order valence-corrected chi connectivity index (χ0v) is 42.4. The second-order valence-corrected chi connectivity index (χ2v) is 19.3. The van der Waals surface area contributed by atoms with Gasteiger partial charge in [-0.15, -0.1) is 0 Å². The van der Waals surface area contributed by atoms with E-state index in [2.05, 4.69) is 57.2 Å². The van der Waals surface area contributed by atoms with Crippen LogP contribution in [0.2, 0.25) is 0 Å². The number of ketones is 3. The van der Waals surface area contributed by atoms with Crippen LogP contribution in [0.25, 0.3) is 0 Å². The van der Waals surface area contributed by atoms with Crippen LogP contribution in [0.15, 0.2) is 108 Å². The maximum absolute atomic E-state index is 13.1. The predicted molar refractivity (Wildman–Crippen MR) is 276 cm³/mol. The van der Waals surface area contributed by atoms with E-state index in [9.17, 15) is 28.8 Å². The van der Waals surface area contributed by atoms with Crippen LogP contribution in [0.3, 0.4) is 0 Å². The number of carbonyl (C=O) groups is 6. The number of hydrogen-bond acceptors (Lipinski definition) is 9. The SMILES string of the molecule is CCCCC[C@H]1C/C=C2/C(=O)C=C[C@@H]2C/C=C\CCCC(=O)O[C@@H](CCCCC)C/C=C2/C(=O)C=C[C@@H]2C/C=C\CCCC(=O)O[C@@H](CCCCC)C/C=C2/C(=O)C=C[C@@H]2C/C=C\CCCC(=O)O1. The lowest BCUT2D eigenvalue weighted by Gasteiger charge is -2.18. The molecule has 9 nitrogen and oxygen atoms in total. The van der Waals surface area contributed by atoms with Crippen LogP contribution in [0.5, 0.6) is 0 Å². The Labute approximate surface area is 414 Å². The van der Waals surface area contributed by atoms with Crippen molar-refractivity contribution in [1.29, 1.82) is 0 Å². The molecule has 378 valence electrons. The largest absolute Gasteiger partial charge is 0.462 e. The molecule has 0 unspecified atom stereocenters. The van der Waals surface area contributed by atoms with Crippen LogP contribution in [0, 0.1) is 17.8 Å². The third kappa shape index (κ3) is 22.1. The van der Waals surface area contributed by atoms with Gasteiger partial charge in [-0.3, -0.25) is 28.8 Å². The van der Waals surface area contributed by atoms with Gasteiger partial charge in [0.15, 0.2) is 17.3 Å². The maximum Gasteiger partial charge on any atom is 0.306 e. The molecule has 1 aliphatic heterocycles. The molecule has 1 heterocycles. The highest BCUT2D eigenvalue weighted by atomic mass is 16.6. The van der Waals surface area contributed by atoms with E-state index >= 15 is 0 Å². The van der Waals surface area contributed by atoms with E-state index in [1.807, 2.05) is 36.5 Å². The van der Waals surface area contributed by atoms with Crippen molar-refractivity contribution >= 4 is 35.3 Å². The van der Waals surface area contributed by atoms with Crippen molar-refractivity contribution < 1.29 is 43.0 Å². The van der Waals surface area contributed by atoms with E-state index in [1.165, 1.54) is 0 Å². The van der Waals surface area contributed by atoms with Gasteiger partial charge in [0.1, 0.15) is 18.3 Å². The molecule has 4 rings (SSSR count). The lowest BCUT2D eigenvalue weighted by Crippen LogP contribution is -2.18. The van der Waals surface area contributed by atoms with Crippen LogP contribution in [-0.2, 0) is 43.0 Å². The lowest BCUT2D eigenvalue weighted by atomic mass is 9.95. The zero-order chi connectivity index (χ0) is 49.5. The minimum absolute atomic E-state index is 0.000706. The molecule has 0 N–H and O–H groups in total. The fraction of sp³-hybridized carbons (Fsp3) is 0.600. The van der Waals surface area contributed by atoms with Gasteiger partial charge in [0.05, 0.1) is 0 Å². The average Bonchev–Trinajstić information content (AvgIpc) is 4.00. The number of fused-ring (bicyclic) bond motifs is 3. The van der Waals surface area contributed by atoms with Crippen molar-refractivity contribution in [1.82, 2.24) is 0 Å². The van der Waals surface area contributed by atoms with Gasteiger partial charge in [-0.1, -0.05) is 132 Å². The summed E-state index contributed by atoms with van der Waals surface area (Å²) in [4.78, 5) is 78.0. The van der Waals surface area contributed by atoms with E-state index in [4.69, 9.17) is 14.2 Å². The molecular formula is C60H84O9. The Bertz CT molecular complexity index is 1720. The van der Waals surface area contributed by atoms with Crippen molar-refractivity contribution in [2.24, 2.45) is 17.8 Å². The summed E-state index contributed by atoms with van der Waals surface area (Å²) in [6.45, 7) is 6.44. The first kappa shape index (κ1) is 56.7. The Morgan fingerprint density at radius 3 is 0.957 bits per heavy atom. The molecule has 0 bridgehead atoms.